The van der Waals surface area contributed by atoms with Crippen molar-refractivity contribution in [3.8, 4) is 0 Å². The van der Waals surface area contributed by atoms with Crippen LogP contribution in [0.25, 0.3) is 0 Å². The SMILES string of the molecule is CCN(CCCNC(=O)c1cc(I)ccc1Br)S(C)(=O)=O. The van der Waals surface area contributed by atoms with Crippen LogP contribution in [0.2, 0.25) is 0 Å². The summed E-state index contributed by atoms with van der Waals surface area (Å²) in [5.41, 5.74) is 0.581. The molecule has 0 radical (unpaired) electrons. The van der Waals surface area contributed by atoms with Gasteiger partial charge in [-0.05, 0) is 63.1 Å². The van der Waals surface area contributed by atoms with Crippen molar-refractivity contribution in [2.24, 2.45) is 0 Å². The third-order valence-electron chi connectivity index (χ3n) is 2.86. The van der Waals surface area contributed by atoms with E-state index in [-0.39, 0.29) is 5.91 Å². The van der Waals surface area contributed by atoms with Crippen molar-refractivity contribution < 1.29 is 13.2 Å². The van der Waals surface area contributed by atoms with Crippen LogP contribution < -0.4 is 5.32 Å². The Morgan fingerprint density at radius 1 is 1.43 bits per heavy atom. The molecule has 1 N–H and O–H groups in total. The van der Waals surface area contributed by atoms with Crippen LogP contribution in [-0.4, -0.2) is 44.5 Å². The molecule has 0 spiro atoms. The molecular formula is C13H18BrIN2O3S. The third-order valence-corrected chi connectivity index (χ3v) is 5.61. The topological polar surface area (TPSA) is 66.5 Å². The van der Waals surface area contributed by atoms with Gasteiger partial charge in [0.15, 0.2) is 0 Å². The average Bonchev–Trinajstić information content (AvgIpc) is 2.39. The number of carbonyl (C=O) groups excluding carboxylic acids is 1. The quantitative estimate of drug-likeness (QED) is 0.473. The molecule has 0 aliphatic heterocycles. The fraction of sp³-hybridized carbons (Fsp3) is 0.462. The lowest BCUT2D eigenvalue weighted by molar-refractivity contribution is 0.0952. The number of nitrogens with one attached hydrogen (secondary N) is 1. The van der Waals surface area contributed by atoms with E-state index in [1.807, 2.05) is 12.1 Å². The Hall–Kier alpha value is -0.190. The van der Waals surface area contributed by atoms with Crippen LogP contribution in [0.15, 0.2) is 22.7 Å². The van der Waals surface area contributed by atoms with Gasteiger partial charge in [-0.15, -0.1) is 0 Å². The van der Waals surface area contributed by atoms with Crippen LogP contribution in [0, 0.1) is 3.57 Å². The Morgan fingerprint density at radius 2 is 2.10 bits per heavy atom. The number of sulfonamides is 1. The van der Waals surface area contributed by atoms with E-state index in [4.69, 9.17) is 0 Å². The first-order chi connectivity index (χ1) is 9.75. The Balaban J connectivity index is 2.49. The minimum atomic E-state index is -3.17. The van der Waals surface area contributed by atoms with Crippen molar-refractivity contribution in [3.63, 3.8) is 0 Å². The van der Waals surface area contributed by atoms with Gasteiger partial charge in [-0.1, -0.05) is 6.92 Å². The van der Waals surface area contributed by atoms with Crippen molar-refractivity contribution in [1.29, 1.82) is 0 Å². The summed E-state index contributed by atoms with van der Waals surface area (Å²) in [6.45, 7) is 3.07. The number of halogens is 2. The highest BCUT2D eigenvalue weighted by molar-refractivity contribution is 14.1. The van der Waals surface area contributed by atoms with Crippen LogP contribution >= 0.6 is 38.5 Å². The molecule has 8 heteroatoms. The zero-order valence-corrected chi connectivity index (χ0v) is 16.5. The fourth-order valence-corrected chi connectivity index (χ4v) is 3.63. The van der Waals surface area contributed by atoms with Gasteiger partial charge >= 0.3 is 0 Å². The molecule has 0 aliphatic rings. The van der Waals surface area contributed by atoms with E-state index in [1.54, 1.807) is 13.0 Å². The summed E-state index contributed by atoms with van der Waals surface area (Å²) in [5, 5.41) is 2.80. The second-order valence-corrected chi connectivity index (χ2v) is 8.57. The molecule has 1 rings (SSSR count). The Morgan fingerprint density at radius 3 is 2.67 bits per heavy atom. The first-order valence-corrected chi connectivity index (χ1v) is 10.2. The van der Waals surface area contributed by atoms with Crippen LogP contribution in [0.5, 0.6) is 0 Å². The van der Waals surface area contributed by atoms with E-state index in [1.165, 1.54) is 10.6 Å². The zero-order valence-electron chi connectivity index (χ0n) is 11.9. The molecule has 0 fully saturated rings. The molecule has 118 valence electrons. The molecule has 0 aromatic heterocycles. The number of amides is 1. The van der Waals surface area contributed by atoms with Crippen molar-refractivity contribution in [1.82, 2.24) is 9.62 Å². The van der Waals surface area contributed by atoms with E-state index in [0.29, 0.717) is 31.6 Å². The molecule has 5 nitrogen and oxygen atoms in total. The van der Waals surface area contributed by atoms with E-state index >= 15 is 0 Å². The maximum Gasteiger partial charge on any atom is 0.252 e. The molecule has 0 bridgehead atoms. The van der Waals surface area contributed by atoms with Gasteiger partial charge in [0.25, 0.3) is 5.91 Å². The largest absolute Gasteiger partial charge is 0.352 e. The average molecular weight is 489 g/mol. The molecule has 0 unspecified atom stereocenters. The number of hydrogen-bond donors (Lipinski definition) is 1. The highest BCUT2D eigenvalue weighted by Gasteiger charge is 2.14. The normalized spacial score (nSPS) is 11.7. The zero-order chi connectivity index (χ0) is 16.0. The third kappa shape index (κ3) is 6.21. The van der Waals surface area contributed by atoms with Crippen LogP contribution in [0.4, 0.5) is 0 Å². The number of rotatable bonds is 7. The molecule has 1 amide bonds. The maximum absolute atomic E-state index is 12.1. The highest BCUT2D eigenvalue weighted by Crippen LogP contribution is 2.19. The highest BCUT2D eigenvalue weighted by atomic mass is 127. The van der Waals surface area contributed by atoms with Crippen molar-refractivity contribution >= 4 is 54.5 Å². The summed E-state index contributed by atoms with van der Waals surface area (Å²) in [6, 6.07) is 5.54. The standard InChI is InChI=1S/C13H18BrIN2O3S/c1-3-17(21(2,19)20)8-4-7-16-13(18)11-9-10(15)5-6-12(11)14/h5-6,9H,3-4,7-8H2,1-2H3,(H,16,18). The van der Waals surface area contributed by atoms with Gasteiger partial charge in [0.05, 0.1) is 11.8 Å². The number of carbonyl (C=O) groups is 1. The van der Waals surface area contributed by atoms with Gasteiger partial charge < -0.3 is 5.32 Å². The van der Waals surface area contributed by atoms with E-state index in [0.717, 1.165) is 8.04 Å². The van der Waals surface area contributed by atoms with Crippen molar-refractivity contribution in [3.05, 3.63) is 31.8 Å². The Kier molecular flexibility index (Phi) is 7.58. The van der Waals surface area contributed by atoms with Crippen LogP contribution in [-0.2, 0) is 10.0 Å². The fourth-order valence-electron chi connectivity index (χ4n) is 1.78. The first kappa shape index (κ1) is 18.9. The summed E-state index contributed by atoms with van der Waals surface area (Å²) in [7, 11) is -3.17. The number of nitrogens with zero attached hydrogens (tertiary/aromatic N) is 1. The lowest BCUT2D eigenvalue weighted by Crippen LogP contribution is -2.33. The number of benzene rings is 1. The van der Waals surface area contributed by atoms with E-state index in [2.05, 4.69) is 43.8 Å². The van der Waals surface area contributed by atoms with E-state index in [9.17, 15) is 13.2 Å². The summed E-state index contributed by atoms with van der Waals surface area (Å²) in [4.78, 5) is 12.1. The van der Waals surface area contributed by atoms with Crippen LogP contribution in [0.1, 0.15) is 23.7 Å². The molecule has 0 saturated carbocycles. The lowest BCUT2D eigenvalue weighted by atomic mass is 10.2. The minimum absolute atomic E-state index is 0.164. The Bertz CT molecular complexity index is 607. The van der Waals surface area contributed by atoms with Gasteiger partial charge in [0.2, 0.25) is 10.0 Å². The molecule has 1 aromatic carbocycles. The van der Waals surface area contributed by atoms with Crippen molar-refractivity contribution in [2.45, 2.75) is 13.3 Å². The molecule has 0 heterocycles. The monoisotopic (exact) mass is 488 g/mol. The lowest BCUT2D eigenvalue weighted by Gasteiger charge is -2.17. The summed E-state index contributed by atoms with van der Waals surface area (Å²) < 4.78 is 26.0. The first-order valence-electron chi connectivity index (χ1n) is 6.44. The van der Waals surface area contributed by atoms with Gasteiger partial charge in [0.1, 0.15) is 0 Å². The molecule has 0 aliphatic carbocycles. The minimum Gasteiger partial charge on any atom is -0.352 e. The molecule has 0 saturated heterocycles. The van der Waals surface area contributed by atoms with Gasteiger partial charge in [-0.3, -0.25) is 4.79 Å². The number of hydrogen-bond acceptors (Lipinski definition) is 3. The van der Waals surface area contributed by atoms with E-state index < -0.39 is 10.0 Å². The molecule has 21 heavy (non-hydrogen) atoms. The van der Waals surface area contributed by atoms with Gasteiger partial charge in [0, 0.05) is 27.7 Å². The molecular weight excluding hydrogens is 471 g/mol. The Labute approximate surface area is 147 Å². The van der Waals surface area contributed by atoms with Gasteiger partial charge in [-0.25, -0.2) is 12.7 Å². The molecule has 1 aromatic rings. The maximum atomic E-state index is 12.1. The summed E-state index contributed by atoms with van der Waals surface area (Å²) in [5.74, 6) is -0.164. The predicted molar refractivity (Wildman–Crippen MR) is 95.9 cm³/mol. The van der Waals surface area contributed by atoms with Gasteiger partial charge in [-0.2, -0.15) is 0 Å². The van der Waals surface area contributed by atoms with Crippen LogP contribution in [0.3, 0.4) is 0 Å². The summed E-state index contributed by atoms with van der Waals surface area (Å²) in [6.07, 6.45) is 1.77. The van der Waals surface area contributed by atoms with Crippen molar-refractivity contribution in [2.75, 3.05) is 25.9 Å². The second-order valence-electron chi connectivity index (χ2n) is 4.49. The molecule has 0 atom stereocenters. The smallest absolute Gasteiger partial charge is 0.252 e. The second kappa shape index (κ2) is 8.44. The predicted octanol–water partition coefficient (Wildman–Crippen LogP) is 2.46. The summed E-state index contributed by atoms with van der Waals surface area (Å²) >= 11 is 5.50.